The number of aryl methyl sites for hydroxylation is 1. The van der Waals surface area contributed by atoms with Gasteiger partial charge < -0.3 is 0 Å². The minimum atomic E-state index is -1.06. The molecule has 4 heteroatoms. The number of rotatable bonds is 1. The molecule has 0 N–H and O–H groups in total. The molecule has 0 aromatic carbocycles. The summed E-state index contributed by atoms with van der Waals surface area (Å²) in [6, 6.07) is 0. The minimum Gasteiger partial charge on any atom is -0.250 e. The molecule has 0 aliphatic rings. The zero-order chi connectivity index (χ0) is 10.2. The van der Waals surface area contributed by atoms with Crippen LogP contribution in [-0.2, 0) is 12.5 Å². The molecule has 0 saturated heterocycles. The second-order valence-electron chi connectivity index (χ2n) is 4.28. The molecule has 0 aliphatic carbocycles. The van der Waals surface area contributed by atoms with E-state index in [1.807, 2.05) is 20.8 Å². The zero-order valence-corrected chi connectivity index (χ0v) is 8.80. The smallest absolute Gasteiger partial charge is 0.161 e. The van der Waals surface area contributed by atoms with E-state index in [1.54, 1.807) is 7.05 Å². The van der Waals surface area contributed by atoms with Crippen LogP contribution in [0.15, 0.2) is 0 Å². The van der Waals surface area contributed by atoms with E-state index in [-0.39, 0.29) is 5.41 Å². The van der Waals surface area contributed by atoms with Crippen molar-refractivity contribution in [2.75, 3.05) is 0 Å². The summed E-state index contributed by atoms with van der Waals surface area (Å²) >= 11 is 0. The summed E-state index contributed by atoms with van der Waals surface area (Å²) in [7, 11) is 1.72. The van der Waals surface area contributed by atoms with Gasteiger partial charge in [0, 0.05) is 12.5 Å². The molecule has 0 amide bonds. The maximum absolute atomic E-state index is 13.0. The molecule has 1 aromatic rings. The average molecular weight is 185 g/mol. The average Bonchev–Trinajstić information content (AvgIpc) is 2.29. The molecule has 0 spiro atoms. The molecule has 1 rings (SSSR count). The van der Waals surface area contributed by atoms with Crippen molar-refractivity contribution in [2.45, 2.75) is 39.3 Å². The fourth-order valence-electron chi connectivity index (χ4n) is 1.06. The Morgan fingerprint density at radius 3 is 2.15 bits per heavy atom. The van der Waals surface area contributed by atoms with E-state index >= 15 is 0 Å². The molecule has 1 atom stereocenters. The molecule has 0 fully saturated rings. The first-order valence-electron chi connectivity index (χ1n) is 4.38. The third-order valence-electron chi connectivity index (χ3n) is 1.82. The predicted octanol–water partition coefficient (Wildman–Crippen LogP) is 2.14. The fraction of sp³-hybridized carbons (Fsp3) is 0.778. The standard InChI is InChI=1S/C9H16FN3/c1-6(10)7-11-8(9(2,3)4)12-13(7)5/h6H,1-5H3. The van der Waals surface area contributed by atoms with Gasteiger partial charge in [-0.3, -0.25) is 4.68 Å². The number of hydrogen-bond donors (Lipinski definition) is 0. The predicted molar refractivity (Wildman–Crippen MR) is 49.2 cm³/mol. The number of hydrogen-bond acceptors (Lipinski definition) is 2. The summed E-state index contributed by atoms with van der Waals surface area (Å²) in [4.78, 5) is 4.16. The van der Waals surface area contributed by atoms with Gasteiger partial charge in [0.15, 0.2) is 17.8 Å². The van der Waals surface area contributed by atoms with E-state index in [9.17, 15) is 4.39 Å². The molecule has 1 unspecified atom stereocenters. The molecule has 0 saturated carbocycles. The molecule has 1 aromatic heterocycles. The molecule has 1 heterocycles. The monoisotopic (exact) mass is 185 g/mol. The summed E-state index contributed by atoms with van der Waals surface area (Å²) in [6.07, 6.45) is -1.06. The summed E-state index contributed by atoms with van der Waals surface area (Å²) < 4.78 is 14.5. The van der Waals surface area contributed by atoms with Gasteiger partial charge in [0.05, 0.1) is 0 Å². The van der Waals surface area contributed by atoms with E-state index < -0.39 is 6.17 Å². The lowest BCUT2D eigenvalue weighted by Crippen LogP contribution is -2.13. The van der Waals surface area contributed by atoms with Crippen LogP contribution >= 0.6 is 0 Å². The summed E-state index contributed by atoms with van der Waals surface area (Å²) in [5.41, 5.74) is -0.120. The van der Waals surface area contributed by atoms with Crippen LogP contribution in [0.2, 0.25) is 0 Å². The minimum absolute atomic E-state index is 0.120. The Hall–Kier alpha value is -0.930. The first kappa shape index (κ1) is 10.2. The Morgan fingerprint density at radius 1 is 1.38 bits per heavy atom. The number of halogens is 1. The summed E-state index contributed by atoms with van der Waals surface area (Å²) in [5.74, 6) is 1.08. The van der Waals surface area contributed by atoms with Crippen molar-refractivity contribution in [3.8, 4) is 0 Å². The van der Waals surface area contributed by atoms with Gasteiger partial charge in [-0.25, -0.2) is 9.37 Å². The lowest BCUT2D eigenvalue weighted by Gasteiger charge is -2.11. The van der Waals surface area contributed by atoms with Crippen molar-refractivity contribution in [1.82, 2.24) is 14.8 Å². The first-order valence-corrected chi connectivity index (χ1v) is 4.38. The van der Waals surface area contributed by atoms with E-state index in [2.05, 4.69) is 10.1 Å². The van der Waals surface area contributed by atoms with Crippen LogP contribution in [0.1, 0.15) is 45.5 Å². The molecule has 0 radical (unpaired) electrons. The molecular formula is C9H16FN3. The third-order valence-corrected chi connectivity index (χ3v) is 1.82. The summed E-state index contributed by atoms with van der Waals surface area (Å²) in [6.45, 7) is 7.50. The highest BCUT2D eigenvalue weighted by Gasteiger charge is 2.22. The first-order chi connectivity index (χ1) is 5.82. The number of alkyl halides is 1. The second-order valence-corrected chi connectivity index (χ2v) is 4.28. The van der Waals surface area contributed by atoms with Gasteiger partial charge in [0.1, 0.15) is 0 Å². The van der Waals surface area contributed by atoms with Crippen molar-refractivity contribution in [3.05, 3.63) is 11.6 Å². The normalized spacial score (nSPS) is 14.6. The molecule has 0 bridgehead atoms. The van der Waals surface area contributed by atoms with E-state index in [0.717, 1.165) is 0 Å². The highest BCUT2D eigenvalue weighted by atomic mass is 19.1. The van der Waals surface area contributed by atoms with Gasteiger partial charge >= 0.3 is 0 Å². The van der Waals surface area contributed by atoms with Crippen LogP contribution in [-0.4, -0.2) is 14.8 Å². The van der Waals surface area contributed by atoms with Crippen LogP contribution < -0.4 is 0 Å². The third kappa shape index (κ3) is 2.05. The number of aromatic nitrogens is 3. The topological polar surface area (TPSA) is 30.7 Å². The number of nitrogens with zero attached hydrogens (tertiary/aromatic N) is 3. The van der Waals surface area contributed by atoms with Crippen LogP contribution in [0.5, 0.6) is 0 Å². The lowest BCUT2D eigenvalue weighted by atomic mass is 9.96. The van der Waals surface area contributed by atoms with Gasteiger partial charge in [0.25, 0.3) is 0 Å². The highest BCUT2D eigenvalue weighted by molar-refractivity contribution is 5.04. The summed E-state index contributed by atoms with van der Waals surface area (Å²) in [5, 5.41) is 4.17. The van der Waals surface area contributed by atoms with Crippen LogP contribution in [0.4, 0.5) is 4.39 Å². The van der Waals surface area contributed by atoms with E-state index in [0.29, 0.717) is 11.6 Å². The Labute approximate surface area is 78.0 Å². The maximum Gasteiger partial charge on any atom is 0.161 e. The van der Waals surface area contributed by atoms with Crippen LogP contribution in [0.25, 0.3) is 0 Å². The van der Waals surface area contributed by atoms with Crippen molar-refractivity contribution in [3.63, 3.8) is 0 Å². The second kappa shape index (κ2) is 3.09. The SMILES string of the molecule is CC(F)c1nc(C(C)(C)C)nn1C. The van der Waals surface area contributed by atoms with Gasteiger partial charge in [-0.1, -0.05) is 20.8 Å². The van der Waals surface area contributed by atoms with Crippen molar-refractivity contribution in [2.24, 2.45) is 7.05 Å². The van der Waals surface area contributed by atoms with Crippen LogP contribution in [0, 0.1) is 0 Å². The zero-order valence-electron chi connectivity index (χ0n) is 8.80. The van der Waals surface area contributed by atoms with Gasteiger partial charge in [0.2, 0.25) is 0 Å². The Morgan fingerprint density at radius 2 is 1.92 bits per heavy atom. The van der Waals surface area contributed by atoms with Crippen molar-refractivity contribution in [1.29, 1.82) is 0 Å². The Balaban J connectivity index is 3.10. The van der Waals surface area contributed by atoms with E-state index in [4.69, 9.17) is 0 Å². The lowest BCUT2D eigenvalue weighted by molar-refractivity contribution is 0.345. The maximum atomic E-state index is 13.0. The van der Waals surface area contributed by atoms with Gasteiger partial charge in [-0.2, -0.15) is 5.10 Å². The van der Waals surface area contributed by atoms with Gasteiger partial charge in [-0.15, -0.1) is 0 Å². The molecule has 74 valence electrons. The van der Waals surface area contributed by atoms with Crippen molar-refractivity contribution >= 4 is 0 Å². The van der Waals surface area contributed by atoms with E-state index in [1.165, 1.54) is 11.6 Å². The molecular weight excluding hydrogens is 169 g/mol. The quantitative estimate of drug-likeness (QED) is 0.671. The molecule has 13 heavy (non-hydrogen) atoms. The molecule has 0 aliphatic heterocycles. The van der Waals surface area contributed by atoms with Crippen LogP contribution in [0.3, 0.4) is 0 Å². The highest BCUT2D eigenvalue weighted by Crippen LogP contribution is 2.21. The van der Waals surface area contributed by atoms with Crippen molar-refractivity contribution < 1.29 is 4.39 Å². The Bertz CT molecular complexity index is 296. The largest absolute Gasteiger partial charge is 0.250 e. The molecule has 3 nitrogen and oxygen atoms in total. The Kier molecular flexibility index (Phi) is 2.41. The fourth-order valence-corrected chi connectivity index (χ4v) is 1.06. The van der Waals surface area contributed by atoms with Gasteiger partial charge in [-0.05, 0) is 6.92 Å².